The van der Waals surface area contributed by atoms with Gasteiger partial charge in [-0.15, -0.1) is 0 Å². The van der Waals surface area contributed by atoms with Gasteiger partial charge in [-0.05, 0) is 30.3 Å². The average Bonchev–Trinajstić information content (AvgIpc) is 2.45. The molecular formula is C15H13Cl2NO3. The van der Waals surface area contributed by atoms with Gasteiger partial charge in [-0.3, -0.25) is 5.32 Å². The van der Waals surface area contributed by atoms with Crippen molar-refractivity contribution in [2.45, 2.75) is 0 Å². The molecule has 0 unspecified atom stereocenters. The molecular weight excluding hydrogens is 313 g/mol. The molecule has 1 N–H and O–H groups in total. The quantitative estimate of drug-likeness (QED) is 0.816. The van der Waals surface area contributed by atoms with Gasteiger partial charge in [-0.2, -0.15) is 0 Å². The number of nitrogens with one attached hydrogen (secondary N) is 1. The molecule has 110 valence electrons. The second-order valence-electron chi connectivity index (χ2n) is 4.05. The number of carbonyl (C=O) groups excluding carboxylic acids is 1. The van der Waals surface area contributed by atoms with Gasteiger partial charge >= 0.3 is 6.09 Å². The average molecular weight is 326 g/mol. The second-order valence-corrected chi connectivity index (χ2v) is 4.89. The monoisotopic (exact) mass is 325 g/mol. The van der Waals surface area contributed by atoms with Gasteiger partial charge in [0.1, 0.15) is 19.0 Å². The van der Waals surface area contributed by atoms with E-state index in [1.165, 1.54) is 0 Å². The molecule has 4 nitrogen and oxygen atoms in total. The van der Waals surface area contributed by atoms with E-state index in [9.17, 15) is 4.79 Å². The normalized spacial score (nSPS) is 10.0. The summed E-state index contributed by atoms with van der Waals surface area (Å²) in [4.78, 5) is 11.5. The fraction of sp³-hybridized carbons (Fsp3) is 0.133. The highest BCUT2D eigenvalue weighted by Crippen LogP contribution is 2.22. The Balaban J connectivity index is 1.71. The Hall–Kier alpha value is -1.91. The van der Waals surface area contributed by atoms with Crippen LogP contribution in [0.3, 0.4) is 0 Å². The first-order chi connectivity index (χ1) is 10.1. The summed E-state index contributed by atoms with van der Waals surface area (Å²) < 4.78 is 10.4. The predicted molar refractivity (Wildman–Crippen MR) is 83.4 cm³/mol. The molecule has 0 aliphatic rings. The van der Waals surface area contributed by atoms with Gasteiger partial charge in [0.15, 0.2) is 0 Å². The number of halogens is 2. The van der Waals surface area contributed by atoms with E-state index in [1.54, 1.807) is 36.4 Å². The lowest BCUT2D eigenvalue weighted by Gasteiger charge is -2.09. The van der Waals surface area contributed by atoms with Crippen molar-refractivity contribution in [1.82, 2.24) is 0 Å². The second kappa shape index (κ2) is 7.76. The minimum atomic E-state index is -0.569. The molecule has 6 heteroatoms. The summed E-state index contributed by atoms with van der Waals surface area (Å²) >= 11 is 11.7. The molecule has 0 aliphatic carbocycles. The number of amides is 1. The number of anilines is 1. The number of carbonyl (C=O) groups is 1. The molecule has 0 atom stereocenters. The maximum atomic E-state index is 11.5. The Morgan fingerprint density at radius 2 is 1.86 bits per heavy atom. The summed E-state index contributed by atoms with van der Waals surface area (Å²) in [5, 5.41) is 3.62. The standard InChI is InChI=1S/C15H13Cl2NO3/c16-11-4-3-5-12(10-11)18-15(19)21-9-8-20-14-7-2-1-6-13(14)17/h1-7,10H,8-9H2,(H,18,19). The van der Waals surface area contributed by atoms with Crippen LogP contribution in [0.1, 0.15) is 0 Å². The molecule has 0 saturated heterocycles. The van der Waals surface area contributed by atoms with Crippen LogP contribution in [-0.2, 0) is 4.74 Å². The fourth-order valence-corrected chi connectivity index (χ4v) is 1.95. The van der Waals surface area contributed by atoms with Crippen molar-refractivity contribution in [2.75, 3.05) is 18.5 Å². The fourth-order valence-electron chi connectivity index (χ4n) is 1.57. The Morgan fingerprint density at radius 3 is 2.62 bits per heavy atom. The topological polar surface area (TPSA) is 47.6 Å². The van der Waals surface area contributed by atoms with E-state index in [-0.39, 0.29) is 13.2 Å². The van der Waals surface area contributed by atoms with Crippen LogP contribution in [0.2, 0.25) is 10.0 Å². The van der Waals surface area contributed by atoms with Crippen LogP contribution in [0.15, 0.2) is 48.5 Å². The molecule has 0 aromatic heterocycles. The largest absolute Gasteiger partial charge is 0.488 e. The molecule has 0 fully saturated rings. The van der Waals surface area contributed by atoms with Crippen molar-refractivity contribution in [3.8, 4) is 5.75 Å². The van der Waals surface area contributed by atoms with Gasteiger partial charge in [-0.1, -0.05) is 41.4 Å². The molecule has 2 aromatic rings. The smallest absolute Gasteiger partial charge is 0.411 e. The minimum Gasteiger partial charge on any atom is -0.488 e. The summed E-state index contributed by atoms with van der Waals surface area (Å²) in [5.41, 5.74) is 0.569. The number of hydrogen-bond acceptors (Lipinski definition) is 3. The Labute approximate surface area is 132 Å². The maximum Gasteiger partial charge on any atom is 0.411 e. The van der Waals surface area contributed by atoms with Crippen LogP contribution < -0.4 is 10.1 Å². The zero-order valence-electron chi connectivity index (χ0n) is 11.0. The molecule has 1 amide bonds. The lowest BCUT2D eigenvalue weighted by Crippen LogP contribution is -2.17. The van der Waals surface area contributed by atoms with Crippen molar-refractivity contribution in [3.63, 3.8) is 0 Å². The number of benzene rings is 2. The zero-order valence-corrected chi connectivity index (χ0v) is 12.5. The van der Waals surface area contributed by atoms with E-state index in [1.807, 2.05) is 12.1 Å². The minimum absolute atomic E-state index is 0.109. The van der Waals surface area contributed by atoms with Crippen LogP contribution in [0.5, 0.6) is 5.75 Å². The van der Waals surface area contributed by atoms with Gasteiger partial charge in [-0.25, -0.2) is 4.79 Å². The lowest BCUT2D eigenvalue weighted by molar-refractivity contribution is 0.138. The first-order valence-electron chi connectivity index (χ1n) is 6.22. The lowest BCUT2D eigenvalue weighted by atomic mass is 10.3. The Kier molecular flexibility index (Phi) is 5.72. The van der Waals surface area contributed by atoms with Crippen LogP contribution >= 0.6 is 23.2 Å². The third-order valence-electron chi connectivity index (χ3n) is 2.48. The molecule has 0 aliphatic heterocycles. The van der Waals surface area contributed by atoms with Crippen molar-refractivity contribution in [1.29, 1.82) is 0 Å². The van der Waals surface area contributed by atoms with Gasteiger partial charge < -0.3 is 9.47 Å². The molecule has 0 spiro atoms. The first-order valence-corrected chi connectivity index (χ1v) is 6.97. The van der Waals surface area contributed by atoms with E-state index in [4.69, 9.17) is 32.7 Å². The van der Waals surface area contributed by atoms with E-state index in [2.05, 4.69) is 5.32 Å². The number of para-hydroxylation sites is 1. The molecule has 2 aromatic carbocycles. The first kappa shape index (κ1) is 15.5. The number of hydrogen-bond donors (Lipinski definition) is 1. The zero-order chi connectivity index (χ0) is 15.1. The molecule has 0 radical (unpaired) electrons. The number of ether oxygens (including phenoxy) is 2. The number of rotatable bonds is 5. The molecule has 21 heavy (non-hydrogen) atoms. The van der Waals surface area contributed by atoms with Gasteiger partial charge in [0.2, 0.25) is 0 Å². The molecule has 0 heterocycles. The van der Waals surface area contributed by atoms with Gasteiger partial charge in [0.05, 0.1) is 5.02 Å². The van der Waals surface area contributed by atoms with Crippen LogP contribution in [-0.4, -0.2) is 19.3 Å². The highest BCUT2D eigenvalue weighted by molar-refractivity contribution is 6.32. The van der Waals surface area contributed by atoms with Crippen LogP contribution in [0, 0.1) is 0 Å². The van der Waals surface area contributed by atoms with E-state index in [0.29, 0.717) is 21.5 Å². The SMILES string of the molecule is O=C(Nc1cccc(Cl)c1)OCCOc1ccccc1Cl. The summed E-state index contributed by atoms with van der Waals surface area (Å²) in [7, 11) is 0. The molecule has 0 bridgehead atoms. The summed E-state index contributed by atoms with van der Waals surface area (Å²) in [6, 6.07) is 13.9. The van der Waals surface area contributed by atoms with E-state index in [0.717, 1.165) is 0 Å². The third kappa shape index (κ3) is 5.17. The predicted octanol–water partition coefficient (Wildman–Crippen LogP) is 4.62. The Bertz CT molecular complexity index is 619. The van der Waals surface area contributed by atoms with Gasteiger partial charge in [0, 0.05) is 10.7 Å². The van der Waals surface area contributed by atoms with Crippen LogP contribution in [0.25, 0.3) is 0 Å². The van der Waals surface area contributed by atoms with Crippen molar-refractivity contribution in [2.24, 2.45) is 0 Å². The van der Waals surface area contributed by atoms with Gasteiger partial charge in [0.25, 0.3) is 0 Å². The summed E-state index contributed by atoms with van der Waals surface area (Å²) in [6.07, 6.45) is -0.569. The van der Waals surface area contributed by atoms with E-state index < -0.39 is 6.09 Å². The summed E-state index contributed by atoms with van der Waals surface area (Å²) in [6.45, 7) is 0.324. The summed E-state index contributed by atoms with van der Waals surface area (Å²) in [5.74, 6) is 0.554. The Morgan fingerprint density at radius 1 is 1.05 bits per heavy atom. The highest BCUT2D eigenvalue weighted by Gasteiger charge is 2.04. The highest BCUT2D eigenvalue weighted by atomic mass is 35.5. The maximum absolute atomic E-state index is 11.5. The van der Waals surface area contributed by atoms with E-state index >= 15 is 0 Å². The molecule has 2 rings (SSSR count). The van der Waals surface area contributed by atoms with Crippen molar-refractivity contribution in [3.05, 3.63) is 58.6 Å². The molecule has 0 saturated carbocycles. The van der Waals surface area contributed by atoms with Crippen molar-refractivity contribution < 1.29 is 14.3 Å². The third-order valence-corrected chi connectivity index (χ3v) is 3.03. The van der Waals surface area contributed by atoms with Crippen LogP contribution in [0.4, 0.5) is 10.5 Å². The van der Waals surface area contributed by atoms with Crippen molar-refractivity contribution >= 4 is 35.0 Å².